The van der Waals surface area contributed by atoms with Gasteiger partial charge in [-0.25, -0.2) is 8.42 Å². The van der Waals surface area contributed by atoms with E-state index >= 15 is 0 Å². The van der Waals surface area contributed by atoms with Gasteiger partial charge in [0.1, 0.15) is 0 Å². The molecule has 66 valence electrons. The van der Waals surface area contributed by atoms with Crippen LogP contribution in [0, 0.1) is 11.8 Å². The van der Waals surface area contributed by atoms with Crippen LogP contribution in [0.25, 0.3) is 0 Å². The van der Waals surface area contributed by atoms with E-state index in [0.717, 1.165) is 19.3 Å². The molecule has 4 heteroatoms. The minimum Gasteiger partial charge on any atom is -0.212 e. The number of hydrogen-bond donors (Lipinski definition) is 0. The highest BCUT2D eigenvalue weighted by atomic mass is 35.7. The molecular weight excluding hydrogens is 184 g/mol. The predicted octanol–water partition coefficient (Wildman–Crippen LogP) is 1.99. The van der Waals surface area contributed by atoms with E-state index in [0.29, 0.717) is 11.8 Å². The fourth-order valence-electron chi connectivity index (χ4n) is 1.76. The first-order chi connectivity index (χ1) is 4.97. The molecule has 11 heavy (non-hydrogen) atoms. The molecule has 0 N–H and O–H groups in total. The fourth-order valence-corrected chi connectivity index (χ4v) is 3.16. The summed E-state index contributed by atoms with van der Waals surface area (Å²) < 4.78 is 21.3. The zero-order valence-electron chi connectivity index (χ0n) is 6.59. The van der Waals surface area contributed by atoms with Crippen LogP contribution in [0.15, 0.2) is 0 Å². The van der Waals surface area contributed by atoms with E-state index in [1.807, 2.05) is 0 Å². The van der Waals surface area contributed by atoms with E-state index in [1.54, 1.807) is 0 Å². The van der Waals surface area contributed by atoms with E-state index in [-0.39, 0.29) is 5.75 Å². The van der Waals surface area contributed by atoms with Crippen molar-refractivity contribution < 1.29 is 8.42 Å². The maximum Gasteiger partial charge on any atom is 0.232 e. The van der Waals surface area contributed by atoms with Gasteiger partial charge in [0.05, 0.1) is 5.75 Å². The van der Waals surface area contributed by atoms with Crippen LogP contribution in [0.3, 0.4) is 0 Å². The summed E-state index contributed by atoms with van der Waals surface area (Å²) in [5.74, 6) is 1.16. The zero-order valence-corrected chi connectivity index (χ0v) is 8.16. The number of hydrogen-bond acceptors (Lipinski definition) is 2. The first-order valence-electron chi connectivity index (χ1n) is 3.89. The molecule has 2 atom stereocenters. The largest absolute Gasteiger partial charge is 0.232 e. The molecule has 0 aromatic rings. The number of halogens is 1. The van der Waals surface area contributed by atoms with Crippen LogP contribution in [-0.2, 0) is 9.05 Å². The second-order valence-corrected chi connectivity index (χ2v) is 6.31. The molecule has 1 rings (SSSR count). The molecule has 0 aromatic carbocycles. The predicted molar refractivity (Wildman–Crippen MR) is 46.1 cm³/mol. The summed E-state index contributed by atoms with van der Waals surface area (Å²) in [6.45, 7) is 2.15. The lowest BCUT2D eigenvalue weighted by Crippen LogP contribution is -2.08. The van der Waals surface area contributed by atoms with Crippen LogP contribution >= 0.6 is 10.7 Å². The molecule has 1 saturated carbocycles. The zero-order chi connectivity index (χ0) is 8.48. The summed E-state index contributed by atoms with van der Waals surface area (Å²) in [5.41, 5.74) is 0. The van der Waals surface area contributed by atoms with Gasteiger partial charge in [-0.3, -0.25) is 0 Å². The average molecular weight is 197 g/mol. The standard InChI is InChI=1S/C7H13ClO2S/c1-6-2-3-7(4-6)5-11(8,9)10/h6-7H,2-5H2,1H3. The fraction of sp³-hybridized carbons (Fsp3) is 1.00. The number of rotatable bonds is 2. The molecule has 0 aliphatic heterocycles. The molecule has 0 spiro atoms. The average Bonchev–Trinajstić information content (AvgIpc) is 2.10. The molecule has 1 fully saturated rings. The third kappa shape index (κ3) is 3.43. The van der Waals surface area contributed by atoms with Crippen molar-refractivity contribution in [3.05, 3.63) is 0 Å². The summed E-state index contributed by atoms with van der Waals surface area (Å²) >= 11 is 0. The van der Waals surface area contributed by atoms with Gasteiger partial charge in [-0.05, 0) is 24.7 Å². The van der Waals surface area contributed by atoms with Gasteiger partial charge in [-0.1, -0.05) is 13.3 Å². The maximum atomic E-state index is 10.7. The molecule has 0 saturated heterocycles. The van der Waals surface area contributed by atoms with E-state index in [1.165, 1.54) is 0 Å². The van der Waals surface area contributed by atoms with Crippen molar-refractivity contribution in [2.24, 2.45) is 11.8 Å². The SMILES string of the molecule is CC1CCC(CS(=O)(=O)Cl)C1. The Morgan fingerprint density at radius 2 is 2.09 bits per heavy atom. The lowest BCUT2D eigenvalue weighted by Gasteiger charge is -2.04. The Bertz CT molecular complexity index is 223. The summed E-state index contributed by atoms with van der Waals surface area (Å²) in [6, 6.07) is 0. The Labute approximate surface area is 72.4 Å². The molecule has 2 unspecified atom stereocenters. The maximum absolute atomic E-state index is 10.7. The molecule has 0 aromatic heterocycles. The summed E-state index contributed by atoms with van der Waals surface area (Å²) in [5, 5.41) is 0. The van der Waals surface area contributed by atoms with Crippen LogP contribution in [0.5, 0.6) is 0 Å². The van der Waals surface area contributed by atoms with Crippen LogP contribution in [-0.4, -0.2) is 14.2 Å². The monoisotopic (exact) mass is 196 g/mol. The summed E-state index contributed by atoms with van der Waals surface area (Å²) in [4.78, 5) is 0. The van der Waals surface area contributed by atoms with Crippen molar-refractivity contribution in [1.82, 2.24) is 0 Å². The first kappa shape index (κ1) is 9.33. The second kappa shape index (κ2) is 3.31. The Morgan fingerprint density at radius 3 is 2.45 bits per heavy atom. The lowest BCUT2D eigenvalue weighted by molar-refractivity contribution is 0.543. The summed E-state index contributed by atoms with van der Waals surface area (Å²) in [6.07, 6.45) is 3.19. The molecule has 0 amide bonds. The van der Waals surface area contributed by atoms with Gasteiger partial charge < -0.3 is 0 Å². The Morgan fingerprint density at radius 1 is 1.45 bits per heavy atom. The molecule has 2 nitrogen and oxygen atoms in total. The lowest BCUT2D eigenvalue weighted by atomic mass is 10.1. The van der Waals surface area contributed by atoms with E-state index in [9.17, 15) is 8.42 Å². The molecule has 0 heterocycles. The van der Waals surface area contributed by atoms with Gasteiger partial charge in [0.15, 0.2) is 0 Å². The minimum atomic E-state index is -3.26. The second-order valence-electron chi connectivity index (χ2n) is 3.49. The van der Waals surface area contributed by atoms with E-state index in [4.69, 9.17) is 10.7 Å². The highest BCUT2D eigenvalue weighted by Crippen LogP contribution is 2.31. The normalized spacial score (nSPS) is 32.5. The van der Waals surface area contributed by atoms with Crippen molar-refractivity contribution in [2.75, 3.05) is 5.75 Å². The van der Waals surface area contributed by atoms with E-state index in [2.05, 4.69) is 6.92 Å². The van der Waals surface area contributed by atoms with Crippen molar-refractivity contribution in [3.8, 4) is 0 Å². The minimum absolute atomic E-state index is 0.166. The molecular formula is C7H13ClO2S. The first-order valence-corrected chi connectivity index (χ1v) is 6.37. The van der Waals surface area contributed by atoms with Gasteiger partial charge in [-0.2, -0.15) is 0 Å². The van der Waals surface area contributed by atoms with Crippen LogP contribution in [0.4, 0.5) is 0 Å². The van der Waals surface area contributed by atoms with Crippen LogP contribution < -0.4 is 0 Å². The van der Waals surface area contributed by atoms with Crippen molar-refractivity contribution >= 4 is 19.7 Å². The van der Waals surface area contributed by atoms with Crippen molar-refractivity contribution in [2.45, 2.75) is 26.2 Å². The van der Waals surface area contributed by atoms with Gasteiger partial charge in [-0.15, -0.1) is 0 Å². The third-order valence-corrected chi connectivity index (χ3v) is 3.49. The highest BCUT2D eigenvalue weighted by Gasteiger charge is 2.25. The van der Waals surface area contributed by atoms with Gasteiger partial charge in [0, 0.05) is 10.7 Å². The topological polar surface area (TPSA) is 34.1 Å². The van der Waals surface area contributed by atoms with Crippen molar-refractivity contribution in [3.63, 3.8) is 0 Å². The molecule has 1 aliphatic rings. The van der Waals surface area contributed by atoms with Gasteiger partial charge in [0.2, 0.25) is 9.05 Å². The Hall–Kier alpha value is 0.240. The van der Waals surface area contributed by atoms with Crippen LogP contribution in [0.2, 0.25) is 0 Å². The van der Waals surface area contributed by atoms with Gasteiger partial charge in [0.25, 0.3) is 0 Å². The molecule has 1 aliphatic carbocycles. The van der Waals surface area contributed by atoms with E-state index < -0.39 is 9.05 Å². The summed E-state index contributed by atoms with van der Waals surface area (Å²) in [7, 11) is 1.87. The Kier molecular flexibility index (Phi) is 2.81. The smallest absolute Gasteiger partial charge is 0.212 e. The van der Waals surface area contributed by atoms with Gasteiger partial charge >= 0.3 is 0 Å². The quantitative estimate of drug-likeness (QED) is 0.633. The van der Waals surface area contributed by atoms with Crippen LogP contribution in [0.1, 0.15) is 26.2 Å². The highest BCUT2D eigenvalue weighted by molar-refractivity contribution is 8.13. The molecule has 0 bridgehead atoms. The van der Waals surface area contributed by atoms with Crippen molar-refractivity contribution in [1.29, 1.82) is 0 Å². The Balaban J connectivity index is 2.41. The third-order valence-electron chi connectivity index (χ3n) is 2.24. The molecule has 0 radical (unpaired) electrons.